The Morgan fingerprint density at radius 2 is 1.70 bits per heavy atom. The van der Waals surface area contributed by atoms with Crippen molar-refractivity contribution in [3.63, 3.8) is 0 Å². The van der Waals surface area contributed by atoms with E-state index in [4.69, 9.17) is 33.2 Å². The van der Waals surface area contributed by atoms with Gasteiger partial charge >= 0.3 is 0 Å². The van der Waals surface area contributed by atoms with Crippen molar-refractivity contribution in [2.45, 2.75) is 20.4 Å². The smallest absolute Gasteiger partial charge is 0.265 e. The zero-order chi connectivity index (χ0) is 21.0. The lowest BCUT2D eigenvalue weighted by Gasteiger charge is -2.09. The van der Waals surface area contributed by atoms with E-state index in [1.165, 1.54) is 0 Å². The number of benzene rings is 2. The first kappa shape index (κ1) is 19.0. The number of rotatable bonds is 3. The van der Waals surface area contributed by atoms with Crippen molar-refractivity contribution >= 4 is 56.4 Å². The molecule has 0 aliphatic heterocycles. The number of aromatic nitrogens is 5. The monoisotopic (exact) mass is 437 g/mol. The molecule has 0 bridgehead atoms. The van der Waals surface area contributed by atoms with Crippen LogP contribution in [0.4, 0.5) is 0 Å². The molecule has 8 heteroatoms. The fraction of sp³-hybridized carbons (Fsp3) is 0.182. The van der Waals surface area contributed by atoms with E-state index in [9.17, 15) is 4.79 Å². The van der Waals surface area contributed by atoms with E-state index in [-0.39, 0.29) is 5.56 Å². The van der Waals surface area contributed by atoms with Crippen molar-refractivity contribution < 1.29 is 0 Å². The number of halogens is 2. The molecule has 0 atom stereocenters. The molecule has 0 radical (unpaired) electrons. The van der Waals surface area contributed by atoms with Gasteiger partial charge in [-0.15, -0.1) is 0 Å². The van der Waals surface area contributed by atoms with Crippen LogP contribution in [-0.2, 0) is 6.54 Å². The maximum Gasteiger partial charge on any atom is 0.265 e. The summed E-state index contributed by atoms with van der Waals surface area (Å²) < 4.78 is 3.44. The fourth-order valence-electron chi connectivity index (χ4n) is 3.66. The topological polar surface area (TPSA) is 65.6 Å². The third-order valence-electron chi connectivity index (χ3n) is 4.95. The Kier molecular flexibility index (Phi) is 4.49. The van der Waals surface area contributed by atoms with Crippen molar-refractivity contribution in [1.29, 1.82) is 0 Å². The summed E-state index contributed by atoms with van der Waals surface area (Å²) in [5, 5.41) is 1.30. The summed E-state index contributed by atoms with van der Waals surface area (Å²) in [6, 6.07) is 12.9. The molecule has 150 valence electrons. The second-order valence-electron chi connectivity index (χ2n) is 7.61. The summed E-state index contributed by atoms with van der Waals surface area (Å²) in [4.78, 5) is 27.6. The third kappa shape index (κ3) is 2.95. The van der Waals surface area contributed by atoms with Gasteiger partial charge in [-0.1, -0.05) is 49.2 Å². The molecule has 5 aromatic rings. The molecule has 3 heterocycles. The van der Waals surface area contributed by atoms with Crippen LogP contribution in [0.3, 0.4) is 0 Å². The molecule has 0 aliphatic rings. The highest BCUT2D eigenvalue weighted by atomic mass is 35.5. The average Bonchev–Trinajstić information content (AvgIpc) is 3.04. The van der Waals surface area contributed by atoms with Gasteiger partial charge < -0.3 is 0 Å². The summed E-state index contributed by atoms with van der Waals surface area (Å²) in [5.41, 5.74) is 3.58. The summed E-state index contributed by atoms with van der Waals surface area (Å²) in [5.74, 6) is 0.303. The minimum absolute atomic E-state index is 0.137. The summed E-state index contributed by atoms with van der Waals surface area (Å²) in [7, 11) is 0. The Bertz CT molecular complexity index is 1500. The minimum atomic E-state index is -0.137. The SMILES string of the molecule is CC(C)Cn1cnc2c(c1=O)c1nc3ccccc3nc1n2-c1ccc(Cl)c(Cl)c1. The van der Waals surface area contributed by atoms with Crippen molar-refractivity contribution in [3.05, 3.63) is 69.2 Å². The Balaban J connectivity index is 1.96. The number of hydrogen-bond donors (Lipinski definition) is 0. The number of nitrogens with zero attached hydrogens (tertiary/aromatic N) is 5. The van der Waals surface area contributed by atoms with Crippen LogP contribution in [0, 0.1) is 5.92 Å². The highest BCUT2D eigenvalue weighted by Crippen LogP contribution is 2.31. The Morgan fingerprint density at radius 3 is 2.40 bits per heavy atom. The zero-order valence-corrected chi connectivity index (χ0v) is 17.8. The zero-order valence-electron chi connectivity index (χ0n) is 16.3. The summed E-state index contributed by atoms with van der Waals surface area (Å²) in [6.07, 6.45) is 1.58. The van der Waals surface area contributed by atoms with Gasteiger partial charge in [0.1, 0.15) is 10.9 Å². The molecule has 3 aromatic heterocycles. The first-order valence-corrected chi connectivity index (χ1v) is 10.3. The van der Waals surface area contributed by atoms with Crippen molar-refractivity contribution in [3.8, 4) is 5.69 Å². The van der Waals surface area contributed by atoms with Crippen molar-refractivity contribution in [2.24, 2.45) is 5.92 Å². The van der Waals surface area contributed by atoms with Gasteiger partial charge in [-0.2, -0.15) is 0 Å². The van der Waals surface area contributed by atoms with Gasteiger partial charge in [-0.25, -0.2) is 15.0 Å². The Labute approximate surface area is 181 Å². The molecular formula is C22H17Cl2N5O. The maximum atomic E-state index is 13.4. The third-order valence-corrected chi connectivity index (χ3v) is 5.69. The first-order chi connectivity index (χ1) is 14.4. The molecule has 0 saturated carbocycles. The number of para-hydroxylation sites is 2. The second-order valence-corrected chi connectivity index (χ2v) is 8.43. The van der Waals surface area contributed by atoms with Gasteiger partial charge in [0.15, 0.2) is 11.3 Å². The van der Waals surface area contributed by atoms with Crippen molar-refractivity contribution in [2.75, 3.05) is 0 Å². The molecule has 0 saturated heterocycles. The number of fused-ring (bicyclic) bond motifs is 4. The molecule has 5 rings (SSSR count). The maximum absolute atomic E-state index is 13.4. The molecule has 6 nitrogen and oxygen atoms in total. The van der Waals surface area contributed by atoms with Crippen LogP contribution in [0.15, 0.2) is 53.6 Å². The van der Waals surface area contributed by atoms with Crippen molar-refractivity contribution in [1.82, 2.24) is 24.1 Å². The lowest BCUT2D eigenvalue weighted by Crippen LogP contribution is -2.23. The van der Waals surface area contributed by atoms with Crippen LogP contribution in [0.25, 0.3) is 38.9 Å². The van der Waals surface area contributed by atoms with E-state index in [0.29, 0.717) is 50.4 Å². The molecule has 0 unspecified atom stereocenters. The average molecular weight is 438 g/mol. The van der Waals surface area contributed by atoms with Crippen LogP contribution in [-0.4, -0.2) is 24.1 Å². The first-order valence-electron chi connectivity index (χ1n) is 9.56. The largest absolute Gasteiger partial charge is 0.298 e. The summed E-state index contributed by atoms with van der Waals surface area (Å²) >= 11 is 12.4. The van der Waals surface area contributed by atoms with E-state index < -0.39 is 0 Å². The molecule has 0 spiro atoms. The predicted molar refractivity (Wildman–Crippen MR) is 121 cm³/mol. The van der Waals surface area contributed by atoms with Crippen LogP contribution in [0.5, 0.6) is 0 Å². The lowest BCUT2D eigenvalue weighted by molar-refractivity contribution is 0.508. The minimum Gasteiger partial charge on any atom is -0.298 e. The Morgan fingerprint density at radius 1 is 0.967 bits per heavy atom. The Hall–Kier alpha value is -2.96. The van der Waals surface area contributed by atoms with E-state index in [1.54, 1.807) is 23.0 Å². The highest BCUT2D eigenvalue weighted by Gasteiger charge is 2.21. The van der Waals surface area contributed by atoms with Gasteiger partial charge in [0.2, 0.25) is 0 Å². The second kappa shape index (κ2) is 7.07. The molecule has 0 amide bonds. The normalized spacial score (nSPS) is 11.9. The molecule has 0 fully saturated rings. The molecule has 0 N–H and O–H groups in total. The van der Waals surface area contributed by atoms with Gasteiger partial charge in [0.25, 0.3) is 5.56 Å². The van der Waals surface area contributed by atoms with Crippen LogP contribution in [0.2, 0.25) is 10.0 Å². The standard InChI is InChI=1S/C22H17Cl2N5O/c1-12(2)10-28-11-25-20-18(22(28)30)19-21(27-17-6-4-3-5-16(17)26-19)29(20)13-7-8-14(23)15(24)9-13/h3-9,11-12H,10H2,1-2H3. The van der Waals surface area contributed by atoms with Gasteiger partial charge in [0.05, 0.1) is 33.1 Å². The van der Waals surface area contributed by atoms with Gasteiger partial charge in [-0.3, -0.25) is 13.9 Å². The highest BCUT2D eigenvalue weighted by molar-refractivity contribution is 6.42. The van der Waals surface area contributed by atoms with Gasteiger partial charge in [-0.05, 0) is 36.2 Å². The summed E-state index contributed by atoms with van der Waals surface area (Å²) in [6.45, 7) is 4.69. The van der Waals surface area contributed by atoms with Crippen LogP contribution >= 0.6 is 23.2 Å². The van der Waals surface area contributed by atoms with E-state index in [1.807, 2.05) is 34.9 Å². The molecular weight excluding hydrogens is 421 g/mol. The van der Waals surface area contributed by atoms with Crippen LogP contribution < -0.4 is 5.56 Å². The predicted octanol–water partition coefficient (Wildman–Crippen LogP) is 5.25. The van der Waals surface area contributed by atoms with E-state index in [2.05, 4.69) is 18.8 Å². The fourth-order valence-corrected chi connectivity index (χ4v) is 3.96. The van der Waals surface area contributed by atoms with Crippen LogP contribution in [0.1, 0.15) is 13.8 Å². The van der Waals surface area contributed by atoms with E-state index in [0.717, 1.165) is 11.0 Å². The van der Waals surface area contributed by atoms with E-state index >= 15 is 0 Å². The van der Waals surface area contributed by atoms with Gasteiger partial charge in [0, 0.05) is 6.54 Å². The quantitative estimate of drug-likeness (QED) is 0.386. The molecule has 0 aliphatic carbocycles. The lowest BCUT2D eigenvalue weighted by atomic mass is 10.2. The molecule has 30 heavy (non-hydrogen) atoms. The number of hydrogen-bond acceptors (Lipinski definition) is 4. The molecule has 2 aromatic carbocycles.